The number of rotatable bonds is 2. The lowest BCUT2D eigenvalue weighted by Gasteiger charge is -2.16. The molecule has 1 fully saturated rings. The Morgan fingerprint density at radius 3 is 2.94 bits per heavy atom. The van der Waals surface area contributed by atoms with Gasteiger partial charge in [0.15, 0.2) is 5.82 Å². The van der Waals surface area contributed by atoms with Gasteiger partial charge in [0.1, 0.15) is 5.76 Å². The SMILES string of the molecule is Cc1cc(NC(=O)C2CC3C=CC2C3)no1. The quantitative estimate of drug-likeness (QED) is 0.774. The van der Waals surface area contributed by atoms with Gasteiger partial charge >= 0.3 is 0 Å². The smallest absolute Gasteiger partial charge is 0.229 e. The van der Waals surface area contributed by atoms with E-state index in [4.69, 9.17) is 4.52 Å². The third-order valence-electron chi connectivity index (χ3n) is 3.49. The van der Waals surface area contributed by atoms with Gasteiger partial charge in [0.25, 0.3) is 0 Å². The van der Waals surface area contributed by atoms with Gasteiger partial charge in [0, 0.05) is 12.0 Å². The van der Waals surface area contributed by atoms with Crippen LogP contribution in [0.15, 0.2) is 22.7 Å². The molecule has 0 radical (unpaired) electrons. The molecule has 2 aliphatic rings. The molecule has 3 unspecified atom stereocenters. The first-order valence-electron chi connectivity index (χ1n) is 5.65. The van der Waals surface area contributed by atoms with Crippen molar-refractivity contribution in [1.82, 2.24) is 5.16 Å². The first-order valence-corrected chi connectivity index (χ1v) is 5.65. The Labute approximate surface area is 93.7 Å². The van der Waals surface area contributed by atoms with Crippen LogP contribution in [0.4, 0.5) is 5.82 Å². The lowest BCUT2D eigenvalue weighted by molar-refractivity contribution is -0.120. The van der Waals surface area contributed by atoms with Crippen LogP contribution < -0.4 is 5.32 Å². The summed E-state index contributed by atoms with van der Waals surface area (Å²) in [5.74, 6) is 2.47. The Hall–Kier alpha value is -1.58. The highest BCUT2D eigenvalue weighted by molar-refractivity contribution is 5.92. The van der Waals surface area contributed by atoms with E-state index in [0.717, 1.165) is 12.8 Å². The molecule has 0 saturated heterocycles. The van der Waals surface area contributed by atoms with Crippen LogP contribution in [-0.2, 0) is 4.79 Å². The summed E-state index contributed by atoms with van der Waals surface area (Å²) in [5.41, 5.74) is 0. The van der Waals surface area contributed by atoms with Crippen LogP contribution in [0, 0.1) is 24.7 Å². The van der Waals surface area contributed by atoms with Crippen LogP contribution in [-0.4, -0.2) is 11.1 Å². The summed E-state index contributed by atoms with van der Waals surface area (Å²) in [6, 6.07) is 1.74. The minimum Gasteiger partial charge on any atom is -0.360 e. The summed E-state index contributed by atoms with van der Waals surface area (Å²) in [5, 5.41) is 6.58. The predicted octanol–water partition coefficient (Wildman–Crippen LogP) is 2.13. The van der Waals surface area contributed by atoms with Gasteiger partial charge in [0.05, 0.1) is 0 Å². The summed E-state index contributed by atoms with van der Waals surface area (Å²) in [6.07, 6.45) is 6.51. The average Bonchev–Trinajstić information content (AvgIpc) is 2.93. The molecule has 1 heterocycles. The van der Waals surface area contributed by atoms with Crippen LogP contribution in [0.1, 0.15) is 18.6 Å². The highest BCUT2D eigenvalue weighted by atomic mass is 16.5. The van der Waals surface area contributed by atoms with Gasteiger partial charge in [-0.25, -0.2) is 0 Å². The first-order chi connectivity index (χ1) is 7.72. The highest BCUT2D eigenvalue weighted by Crippen LogP contribution is 2.43. The molecule has 1 aromatic rings. The van der Waals surface area contributed by atoms with Crippen molar-refractivity contribution in [2.24, 2.45) is 17.8 Å². The zero-order valence-electron chi connectivity index (χ0n) is 9.14. The van der Waals surface area contributed by atoms with Crippen LogP contribution in [0.2, 0.25) is 0 Å². The van der Waals surface area contributed by atoms with E-state index in [1.54, 1.807) is 6.07 Å². The third-order valence-corrected chi connectivity index (χ3v) is 3.49. The summed E-state index contributed by atoms with van der Waals surface area (Å²) < 4.78 is 4.91. The van der Waals surface area contributed by atoms with E-state index in [1.807, 2.05) is 6.92 Å². The molecule has 0 aliphatic heterocycles. The second-order valence-corrected chi connectivity index (χ2v) is 4.70. The third kappa shape index (κ3) is 1.54. The first kappa shape index (κ1) is 9.63. The van der Waals surface area contributed by atoms with E-state index < -0.39 is 0 Å². The molecule has 4 heteroatoms. The van der Waals surface area contributed by atoms with Gasteiger partial charge < -0.3 is 9.84 Å². The fourth-order valence-electron chi connectivity index (χ4n) is 2.73. The van der Waals surface area contributed by atoms with Crippen molar-refractivity contribution in [3.8, 4) is 0 Å². The lowest BCUT2D eigenvalue weighted by atomic mass is 9.93. The maximum Gasteiger partial charge on any atom is 0.229 e. The standard InChI is InChI=1S/C12H14N2O2/c1-7-4-11(14-16-7)13-12(15)10-6-8-2-3-9(10)5-8/h2-4,8-10H,5-6H2,1H3,(H,13,14,15). The molecule has 1 aromatic heterocycles. The number of aromatic nitrogens is 1. The average molecular weight is 218 g/mol. The van der Waals surface area contributed by atoms with Crippen LogP contribution >= 0.6 is 0 Å². The summed E-state index contributed by atoms with van der Waals surface area (Å²) >= 11 is 0. The fraction of sp³-hybridized carbons (Fsp3) is 0.500. The number of amides is 1. The van der Waals surface area contributed by atoms with Gasteiger partial charge in [-0.15, -0.1) is 0 Å². The Balaban J connectivity index is 1.68. The second kappa shape index (κ2) is 3.47. The number of hydrogen-bond donors (Lipinski definition) is 1. The maximum atomic E-state index is 12.0. The van der Waals surface area contributed by atoms with Crippen LogP contribution in [0.5, 0.6) is 0 Å². The van der Waals surface area contributed by atoms with Gasteiger partial charge in [0.2, 0.25) is 5.91 Å². The molecular formula is C12H14N2O2. The number of nitrogens with zero attached hydrogens (tertiary/aromatic N) is 1. The van der Waals surface area contributed by atoms with E-state index in [9.17, 15) is 4.79 Å². The summed E-state index contributed by atoms with van der Waals surface area (Å²) in [6.45, 7) is 1.81. The number of hydrogen-bond acceptors (Lipinski definition) is 3. The number of allylic oxidation sites excluding steroid dienone is 2. The molecule has 3 atom stereocenters. The minimum absolute atomic E-state index is 0.0742. The Bertz CT molecular complexity index is 450. The fourth-order valence-corrected chi connectivity index (χ4v) is 2.73. The zero-order chi connectivity index (χ0) is 11.1. The van der Waals surface area contributed by atoms with Crippen molar-refractivity contribution in [1.29, 1.82) is 0 Å². The van der Waals surface area contributed by atoms with E-state index in [0.29, 0.717) is 23.4 Å². The van der Waals surface area contributed by atoms with Crippen LogP contribution in [0.25, 0.3) is 0 Å². The zero-order valence-corrected chi connectivity index (χ0v) is 9.14. The van der Waals surface area contributed by atoms with Gasteiger partial charge in [-0.2, -0.15) is 0 Å². The van der Waals surface area contributed by atoms with E-state index in [-0.39, 0.29) is 11.8 Å². The van der Waals surface area contributed by atoms with E-state index >= 15 is 0 Å². The number of aryl methyl sites for hydroxylation is 1. The molecule has 1 saturated carbocycles. The molecule has 1 amide bonds. The molecular weight excluding hydrogens is 204 g/mol. The molecule has 2 aliphatic carbocycles. The van der Waals surface area contributed by atoms with Crippen molar-refractivity contribution in [2.75, 3.05) is 5.32 Å². The number of anilines is 1. The highest BCUT2D eigenvalue weighted by Gasteiger charge is 2.39. The number of nitrogens with one attached hydrogen (secondary N) is 1. The monoisotopic (exact) mass is 218 g/mol. The molecule has 84 valence electrons. The Kier molecular flexibility index (Phi) is 2.09. The Morgan fingerprint density at radius 1 is 1.50 bits per heavy atom. The molecule has 16 heavy (non-hydrogen) atoms. The molecule has 4 nitrogen and oxygen atoms in total. The van der Waals surface area contributed by atoms with Crippen molar-refractivity contribution in [3.63, 3.8) is 0 Å². The van der Waals surface area contributed by atoms with Crippen LogP contribution in [0.3, 0.4) is 0 Å². The van der Waals surface area contributed by atoms with E-state index in [2.05, 4.69) is 22.6 Å². The van der Waals surface area contributed by atoms with Crippen molar-refractivity contribution < 1.29 is 9.32 Å². The number of fused-ring (bicyclic) bond motifs is 2. The molecule has 0 spiro atoms. The number of carbonyl (C=O) groups is 1. The van der Waals surface area contributed by atoms with Crippen molar-refractivity contribution >= 4 is 11.7 Å². The molecule has 0 aromatic carbocycles. The Morgan fingerprint density at radius 2 is 2.38 bits per heavy atom. The van der Waals surface area contributed by atoms with Gasteiger partial charge in [-0.3, -0.25) is 4.79 Å². The summed E-state index contributed by atoms with van der Waals surface area (Å²) in [4.78, 5) is 12.0. The molecule has 2 bridgehead atoms. The molecule has 3 rings (SSSR count). The predicted molar refractivity (Wildman–Crippen MR) is 58.7 cm³/mol. The lowest BCUT2D eigenvalue weighted by Crippen LogP contribution is -2.25. The minimum atomic E-state index is 0.0742. The van der Waals surface area contributed by atoms with E-state index in [1.165, 1.54) is 0 Å². The normalized spacial score (nSPS) is 30.9. The van der Waals surface area contributed by atoms with Crippen molar-refractivity contribution in [2.45, 2.75) is 19.8 Å². The van der Waals surface area contributed by atoms with Crippen molar-refractivity contribution in [3.05, 3.63) is 24.0 Å². The van der Waals surface area contributed by atoms with Gasteiger partial charge in [-0.1, -0.05) is 17.3 Å². The largest absolute Gasteiger partial charge is 0.360 e. The number of carbonyl (C=O) groups excluding carboxylic acids is 1. The summed E-state index contributed by atoms with van der Waals surface area (Å²) in [7, 11) is 0. The maximum absolute atomic E-state index is 12.0. The van der Waals surface area contributed by atoms with Gasteiger partial charge in [-0.05, 0) is 31.6 Å². The topological polar surface area (TPSA) is 55.1 Å². The second-order valence-electron chi connectivity index (χ2n) is 4.70. The molecule has 1 N–H and O–H groups in total.